The molecule has 144 valence electrons. The van der Waals surface area contributed by atoms with Gasteiger partial charge in [-0.2, -0.15) is 0 Å². The maximum absolute atomic E-state index is 11.7. The third-order valence-electron chi connectivity index (χ3n) is 5.35. The summed E-state index contributed by atoms with van der Waals surface area (Å²) in [6.45, 7) is 3.30. The second-order valence-corrected chi connectivity index (χ2v) is 7.04. The van der Waals surface area contributed by atoms with Crippen molar-refractivity contribution in [2.75, 3.05) is 31.2 Å². The number of hydrogen-bond donors (Lipinski definition) is 2. The van der Waals surface area contributed by atoms with Gasteiger partial charge in [-0.1, -0.05) is 42.5 Å². The van der Waals surface area contributed by atoms with E-state index in [-0.39, 0.29) is 0 Å². The molecule has 4 rings (SSSR count). The van der Waals surface area contributed by atoms with Crippen LogP contribution in [0.4, 0.5) is 10.5 Å². The van der Waals surface area contributed by atoms with Gasteiger partial charge < -0.3 is 20.1 Å². The largest absolute Gasteiger partial charge is 0.465 e. The summed E-state index contributed by atoms with van der Waals surface area (Å²) in [6, 6.07) is 14.2. The fourth-order valence-electron chi connectivity index (χ4n) is 3.91. The van der Waals surface area contributed by atoms with Crippen LogP contribution in [0.2, 0.25) is 0 Å². The molecule has 1 amide bonds. The summed E-state index contributed by atoms with van der Waals surface area (Å²) in [5, 5.41) is 11.5. The van der Waals surface area contributed by atoms with E-state index in [1.807, 2.05) is 24.3 Å². The van der Waals surface area contributed by atoms with Gasteiger partial charge in [-0.25, -0.2) is 4.79 Å². The molecule has 1 aliphatic carbocycles. The van der Waals surface area contributed by atoms with E-state index >= 15 is 0 Å². The zero-order valence-corrected chi connectivity index (χ0v) is 15.4. The van der Waals surface area contributed by atoms with Crippen LogP contribution in [0, 0.1) is 0 Å². The highest BCUT2D eigenvalue weighted by molar-refractivity contribution is 5.81. The summed E-state index contributed by atoms with van der Waals surface area (Å²) < 4.78 is 5.40. The van der Waals surface area contributed by atoms with Crippen LogP contribution in [0.25, 0.3) is 11.1 Å². The Labute approximate surface area is 163 Å². The van der Waals surface area contributed by atoms with Crippen molar-refractivity contribution in [3.8, 4) is 11.1 Å². The quantitative estimate of drug-likeness (QED) is 0.632. The van der Waals surface area contributed by atoms with E-state index in [1.54, 1.807) is 6.08 Å². The zero-order valence-electron chi connectivity index (χ0n) is 15.4. The molecule has 0 aromatic heterocycles. The number of allylic oxidation sites excluding steroid dienone is 1. The maximum atomic E-state index is 11.7. The van der Waals surface area contributed by atoms with Gasteiger partial charge in [0, 0.05) is 18.8 Å². The number of anilines is 1. The molecule has 0 bridgehead atoms. The molecule has 2 aromatic rings. The van der Waals surface area contributed by atoms with Gasteiger partial charge in [0.2, 0.25) is 0 Å². The Bertz CT molecular complexity index is 917. The Balaban J connectivity index is 1.62. The molecule has 0 unspecified atom stereocenters. The standard InChI is InChI=1S/C22H22N2O4/c25-15-22(23-21(26)27)9-1-2-18-14-17(5-8-20(18)22)16-3-6-19(7-4-16)24-10-12-28-13-11-24/h1,3-9,14-15,23H,2,10-13H2,(H,26,27)/t22-/m1/s1. The molecule has 1 heterocycles. The lowest BCUT2D eigenvalue weighted by atomic mass is 9.81. The van der Waals surface area contributed by atoms with Crippen LogP contribution in [0.1, 0.15) is 11.1 Å². The monoisotopic (exact) mass is 378 g/mol. The first-order valence-electron chi connectivity index (χ1n) is 9.33. The van der Waals surface area contributed by atoms with E-state index in [2.05, 4.69) is 34.5 Å². The van der Waals surface area contributed by atoms with Crippen molar-refractivity contribution in [3.05, 3.63) is 65.7 Å². The van der Waals surface area contributed by atoms with Gasteiger partial charge in [0.1, 0.15) is 5.54 Å². The van der Waals surface area contributed by atoms with Crippen molar-refractivity contribution in [1.29, 1.82) is 0 Å². The molecule has 2 N–H and O–H groups in total. The third-order valence-corrected chi connectivity index (χ3v) is 5.35. The minimum atomic E-state index is -1.32. The lowest BCUT2D eigenvalue weighted by Crippen LogP contribution is -2.46. The summed E-state index contributed by atoms with van der Waals surface area (Å²) >= 11 is 0. The number of amides is 1. The first-order chi connectivity index (χ1) is 13.6. The van der Waals surface area contributed by atoms with E-state index in [0.717, 1.165) is 43.0 Å². The summed E-state index contributed by atoms with van der Waals surface area (Å²) in [4.78, 5) is 25.2. The lowest BCUT2D eigenvalue weighted by molar-refractivity contribution is -0.112. The average Bonchev–Trinajstić information content (AvgIpc) is 2.74. The van der Waals surface area contributed by atoms with Crippen LogP contribution < -0.4 is 10.2 Å². The number of carbonyl (C=O) groups is 2. The van der Waals surface area contributed by atoms with E-state index in [9.17, 15) is 9.59 Å². The van der Waals surface area contributed by atoms with Crippen molar-refractivity contribution in [2.24, 2.45) is 0 Å². The number of hydrogen-bond acceptors (Lipinski definition) is 4. The minimum Gasteiger partial charge on any atom is -0.465 e. The number of carbonyl (C=O) groups excluding carboxylic acids is 1. The summed E-state index contributed by atoms with van der Waals surface area (Å²) in [7, 11) is 0. The fourth-order valence-corrected chi connectivity index (χ4v) is 3.91. The molecule has 28 heavy (non-hydrogen) atoms. The summed E-state index contributed by atoms with van der Waals surface area (Å²) in [5.41, 5.74) is 3.60. The van der Waals surface area contributed by atoms with Crippen molar-refractivity contribution < 1.29 is 19.4 Å². The predicted molar refractivity (Wildman–Crippen MR) is 107 cm³/mol. The fraction of sp³-hybridized carbons (Fsp3) is 0.273. The normalized spacial score (nSPS) is 21.1. The summed E-state index contributed by atoms with van der Waals surface area (Å²) in [6.07, 6.45) is 3.52. The summed E-state index contributed by atoms with van der Waals surface area (Å²) in [5.74, 6) is 0. The van der Waals surface area contributed by atoms with Gasteiger partial charge in [0.15, 0.2) is 6.29 Å². The zero-order chi connectivity index (χ0) is 19.6. The number of benzene rings is 2. The Kier molecular flexibility index (Phi) is 4.88. The van der Waals surface area contributed by atoms with Gasteiger partial charge in [-0.3, -0.25) is 4.79 Å². The van der Waals surface area contributed by atoms with Crippen molar-refractivity contribution in [1.82, 2.24) is 5.32 Å². The van der Waals surface area contributed by atoms with Crippen LogP contribution >= 0.6 is 0 Å². The number of rotatable bonds is 4. The molecule has 0 spiro atoms. The molecule has 1 saturated heterocycles. The van der Waals surface area contributed by atoms with Crippen molar-refractivity contribution in [2.45, 2.75) is 12.0 Å². The molecule has 1 aliphatic heterocycles. The van der Waals surface area contributed by atoms with E-state index in [1.165, 1.54) is 5.69 Å². The third kappa shape index (κ3) is 3.39. The molecule has 2 aromatic carbocycles. The van der Waals surface area contributed by atoms with E-state index in [4.69, 9.17) is 9.84 Å². The van der Waals surface area contributed by atoms with Gasteiger partial charge in [-0.15, -0.1) is 0 Å². The smallest absolute Gasteiger partial charge is 0.405 e. The van der Waals surface area contributed by atoms with Gasteiger partial charge >= 0.3 is 6.09 Å². The molecule has 0 radical (unpaired) electrons. The predicted octanol–water partition coefficient (Wildman–Crippen LogP) is 2.96. The highest BCUT2D eigenvalue weighted by Gasteiger charge is 2.35. The van der Waals surface area contributed by atoms with Crippen LogP contribution in [0.15, 0.2) is 54.6 Å². The SMILES string of the molecule is O=C[C@]1(NC(=O)O)C=CCc2cc(-c3ccc(N4CCOCC4)cc3)ccc21. The van der Waals surface area contributed by atoms with Gasteiger partial charge in [0.05, 0.1) is 13.2 Å². The van der Waals surface area contributed by atoms with Crippen molar-refractivity contribution in [3.63, 3.8) is 0 Å². The molecule has 6 heteroatoms. The topological polar surface area (TPSA) is 78.9 Å². The van der Waals surface area contributed by atoms with Crippen molar-refractivity contribution >= 4 is 18.1 Å². The Morgan fingerprint density at radius 2 is 1.82 bits per heavy atom. The molecule has 2 aliphatic rings. The Morgan fingerprint density at radius 3 is 2.50 bits per heavy atom. The minimum absolute atomic E-state index is 0.645. The van der Waals surface area contributed by atoms with Crippen LogP contribution in [-0.2, 0) is 21.5 Å². The Hall–Kier alpha value is -3.12. The van der Waals surface area contributed by atoms with E-state index < -0.39 is 11.6 Å². The second kappa shape index (κ2) is 7.48. The van der Waals surface area contributed by atoms with Crippen LogP contribution in [-0.4, -0.2) is 43.8 Å². The van der Waals surface area contributed by atoms with Gasteiger partial charge in [-0.05, 0) is 40.8 Å². The first-order valence-corrected chi connectivity index (χ1v) is 9.33. The molecule has 0 saturated carbocycles. The van der Waals surface area contributed by atoms with Gasteiger partial charge in [0.25, 0.3) is 0 Å². The average molecular weight is 378 g/mol. The number of fused-ring (bicyclic) bond motifs is 1. The first kappa shape index (κ1) is 18.3. The van der Waals surface area contributed by atoms with Crippen LogP contribution in [0.3, 0.4) is 0 Å². The number of nitrogens with zero attached hydrogens (tertiary/aromatic N) is 1. The highest BCUT2D eigenvalue weighted by Crippen LogP contribution is 2.33. The number of aldehydes is 1. The number of nitrogens with one attached hydrogen (secondary N) is 1. The molecule has 1 fully saturated rings. The Morgan fingerprint density at radius 1 is 1.11 bits per heavy atom. The molecular formula is C22H22N2O4. The number of ether oxygens (including phenoxy) is 1. The number of carboxylic acid groups (broad SMARTS) is 1. The lowest BCUT2D eigenvalue weighted by Gasteiger charge is -2.30. The second-order valence-electron chi connectivity index (χ2n) is 7.04. The highest BCUT2D eigenvalue weighted by atomic mass is 16.5. The molecule has 6 nitrogen and oxygen atoms in total. The maximum Gasteiger partial charge on any atom is 0.405 e. The number of morpholine rings is 1. The molecule has 1 atom stereocenters. The molecular weight excluding hydrogens is 356 g/mol. The van der Waals surface area contributed by atoms with E-state index in [0.29, 0.717) is 18.3 Å². The van der Waals surface area contributed by atoms with Crippen LogP contribution in [0.5, 0.6) is 0 Å².